The molecular formula is C18H26ClN3O2S. The third-order valence-electron chi connectivity index (χ3n) is 4.84. The molecule has 0 spiro atoms. The molecule has 0 bridgehead atoms. The molecule has 2 unspecified atom stereocenters. The van der Waals surface area contributed by atoms with Gasteiger partial charge in [0.15, 0.2) is 0 Å². The van der Waals surface area contributed by atoms with Gasteiger partial charge in [0.2, 0.25) is 11.8 Å². The molecule has 25 heavy (non-hydrogen) atoms. The molecule has 2 heterocycles. The second-order valence-corrected chi connectivity index (χ2v) is 7.31. The Balaban J connectivity index is 0.00000225. The minimum Gasteiger partial charge on any atom is -0.339 e. The molecule has 1 aromatic carbocycles. The van der Waals surface area contributed by atoms with Gasteiger partial charge in [0.25, 0.3) is 0 Å². The zero-order valence-electron chi connectivity index (χ0n) is 14.5. The maximum Gasteiger partial charge on any atom is 0.240 e. The van der Waals surface area contributed by atoms with Crippen molar-refractivity contribution in [2.24, 2.45) is 0 Å². The summed E-state index contributed by atoms with van der Waals surface area (Å²) in [6.07, 6.45) is 3.94. The average Bonchev–Trinajstić information content (AvgIpc) is 2.64. The van der Waals surface area contributed by atoms with Crippen molar-refractivity contribution in [2.75, 3.05) is 39.0 Å². The van der Waals surface area contributed by atoms with Crippen molar-refractivity contribution in [3.63, 3.8) is 0 Å². The highest BCUT2D eigenvalue weighted by molar-refractivity contribution is 7.99. The third kappa shape index (κ3) is 4.68. The Kier molecular flexibility index (Phi) is 7.59. The van der Waals surface area contributed by atoms with E-state index in [-0.39, 0.29) is 35.5 Å². The lowest BCUT2D eigenvalue weighted by Crippen LogP contribution is -2.57. The van der Waals surface area contributed by atoms with Crippen molar-refractivity contribution >= 4 is 36.0 Å². The van der Waals surface area contributed by atoms with Crippen LogP contribution >= 0.6 is 24.2 Å². The molecule has 0 saturated carbocycles. The smallest absolute Gasteiger partial charge is 0.240 e. The second-order valence-electron chi connectivity index (χ2n) is 6.37. The average molecular weight is 384 g/mol. The first kappa shape index (κ1) is 20.1. The number of piperidine rings is 1. The van der Waals surface area contributed by atoms with Gasteiger partial charge in [-0.25, -0.2) is 0 Å². The van der Waals surface area contributed by atoms with Crippen molar-refractivity contribution in [1.29, 1.82) is 0 Å². The highest BCUT2D eigenvalue weighted by Crippen LogP contribution is 2.30. The number of halogens is 1. The number of likely N-dealkylation sites (tertiary alicyclic amines) is 1. The second kappa shape index (κ2) is 9.46. The number of carbonyl (C=O) groups is 2. The van der Waals surface area contributed by atoms with Crippen molar-refractivity contribution < 1.29 is 9.59 Å². The fourth-order valence-electron chi connectivity index (χ4n) is 3.59. The SMILES string of the molecule is CSC(C(=O)N1CCCC(N2CCNCC2=O)C1)c1ccccc1.Cl. The molecule has 2 aliphatic rings. The molecule has 0 aromatic heterocycles. The summed E-state index contributed by atoms with van der Waals surface area (Å²) in [6.45, 7) is 3.46. The van der Waals surface area contributed by atoms with Gasteiger partial charge in [0.1, 0.15) is 5.25 Å². The zero-order chi connectivity index (χ0) is 16.9. The molecular weight excluding hydrogens is 358 g/mol. The lowest BCUT2D eigenvalue weighted by molar-refractivity contribution is -0.140. The molecule has 0 radical (unpaired) electrons. The topological polar surface area (TPSA) is 52.7 Å². The number of nitrogens with zero attached hydrogens (tertiary/aromatic N) is 2. The lowest BCUT2D eigenvalue weighted by atomic mass is 10.0. The Morgan fingerprint density at radius 3 is 2.72 bits per heavy atom. The molecule has 7 heteroatoms. The van der Waals surface area contributed by atoms with Gasteiger partial charge in [0, 0.05) is 32.2 Å². The number of hydrogen-bond acceptors (Lipinski definition) is 4. The lowest BCUT2D eigenvalue weighted by Gasteiger charge is -2.41. The Labute approximate surface area is 159 Å². The van der Waals surface area contributed by atoms with Gasteiger partial charge in [-0.3, -0.25) is 9.59 Å². The molecule has 2 fully saturated rings. The van der Waals surface area contributed by atoms with Gasteiger partial charge in [-0.05, 0) is 24.7 Å². The quantitative estimate of drug-likeness (QED) is 0.863. The Bertz CT molecular complexity index is 587. The Morgan fingerprint density at radius 1 is 1.28 bits per heavy atom. The maximum atomic E-state index is 13.0. The predicted molar refractivity (Wildman–Crippen MR) is 104 cm³/mol. The maximum absolute atomic E-state index is 13.0. The summed E-state index contributed by atoms with van der Waals surface area (Å²) in [4.78, 5) is 29.1. The van der Waals surface area contributed by atoms with Crippen LogP contribution in [0.5, 0.6) is 0 Å². The molecule has 138 valence electrons. The summed E-state index contributed by atoms with van der Waals surface area (Å²) < 4.78 is 0. The van der Waals surface area contributed by atoms with Gasteiger partial charge >= 0.3 is 0 Å². The van der Waals surface area contributed by atoms with Crippen LogP contribution in [0.2, 0.25) is 0 Å². The number of carbonyl (C=O) groups excluding carboxylic acids is 2. The van der Waals surface area contributed by atoms with E-state index in [0.29, 0.717) is 13.1 Å². The molecule has 2 saturated heterocycles. The highest BCUT2D eigenvalue weighted by atomic mass is 35.5. The number of nitrogens with one attached hydrogen (secondary N) is 1. The largest absolute Gasteiger partial charge is 0.339 e. The number of thioether (sulfide) groups is 1. The summed E-state index contributed by atoms with van der Waals surface area (Å²) in [6, 6.07) is 10.1. The molecule has 5 nitrogen and oxygen atoms in total. The molecule has 2 aliphatic heterocycles. The molecule has 2 atom stereocenters. The van der Waals surface area contributed by atoms with E-state index in [1.54, 1.807) is 11.8 Å². The van der Waals surface area contributed by atoms with Crippen LogP contribution in [-0.4, -0.2) is 66.6 Å². The summed E-state index contributed by atoms with van der Waals surface area (Å²) in [5.74, 6) is 0.325. The number of benzene rings is 1. The van der Waals surface area contributed by atoms with Crippen LogP contribution in [0.25, 0.3) is 0 Å². The van der Waals surface area contributed by atoms with Crippen LogP contribution in [0.15, 0.2) is 30.3 Å². The van der Waals surface area contributed by atoms with Crippen LogP contribution in [0.3, 0.4) is 0 Å². The fraction of sp³-hybridized carbons (Fsp3) is 0.556. The van der Waals surface area contributed by atoms with Crippen molar-refractivity contribution in [3.05, 3.63) is 35.9 Å². The highest BCUT2D eigenvalue weighted by Gasteiger charge is 2.34. The first-order chi connectivity index (χ1) is 11.7. The predicted octanol–water partition coefficient (Wildman–Crippen LogP) is 1.94. The molecule has 1 N–H and O–H groups in total. The number of amides is 2. The fourth-order valence-corrected chi connectivity index (χ4v) is 4.37. The third-order valence-corrected chi connectivity index (χ3v) is 5.78. The first-order valence-corrected chi connectivity index (χ1v) is 9.86. The van der Waals surface area contributed by atoms with Crippen LogP contribution in [0.4, 0.5) is 0 Å². The van der Waals surface area contributed by atoms with E-state index in [1.807, 2.05) is 46.4 Å². The van der Waals surface area contributed by atoms with Crippen molar-refractivity contribution in [2.45, 2.75) is 24.1 Å². The molecule has 3 rings (SSSR count). The summed E-state index contributed by atoms with van der Waals surface area (Å²) in [5, 5.41) is 2.95. The van der Waals surface area contributed by atoms with Gasteiger partial charge in [0.05, 0.1) is 6.54 Å². The first-order valence-electron chi connectivity index (χ1n) is 8.57. The standard InChI is InChI=1S/C18H25N3O2S.ClH/c1-24-17(14-6-3-2-4-7-14)18(23)20-10-5-8-15(13-20)21-11-9-19-12-16(21)22;/h2-4,6-7,15,17,19H,5,8-13H2,1H3;1H. The van der Waals surface area contributed by atoms with Gasteiger partial charge in [-0.1, -0.05) is 30.3 Å². The van der Waals surface area contributed by atoms with Crippen LogP contribution in [0.1, 0.15) is 23.7 Å². The van der Waals surface area contributed by atoms with E-state index in [1.165, 1.54) is 0 Å². The minimum absolute atomic E-state index is 0. The van der Waals surface area contributed by atoms with Crippen LogP contribution in [-0.2, 0) is 9.59 Å². The number of hydrogen-bond donors (Lipinski definition) is 1. The molecule has 0 aliphatic carbocycles. The van der Waals surface area contributed by atoms with Crippen LogP contribution < -0.4 is 5.32 Å². The van der Waals surface area contributed by atoms with Crippen LogP contribution in [0, 0.1) is 0 Å². The Hall–Kier alpha value is -1.24. The number of rotatable bonds is 4. The number of piperazine rings is 1. The van der Waals surface area contributed by atoms with Gasteiger partial charge in [-0.2, -0.15) is 0 Å². The minimum atomic E-state index is -0.163. The summed E-state index contributed by atoms with van der Waals surface area (Å²) in [5.41, 5.74) is 1.05. The summed E-state index contributed by atoms with van der Waals surface area (Å²) in [7, 11) is 0. The van der Waals surface area contributed by atoms with E-state index >= 15 is 0 Å². The summed E-state index contributed by atoms with van der Waals surface area (Å²) >= 11 is 1.58. The van der Waals surface area contributed by atoms with E-state index in [4.69, 9.17) is 0 Å². The van der Waals surface area contributed by atoms with E-state index < -0.39 is 0 Å². The normalized spacial score (nSPS) is 22.3. The monoisotopic (exact) mass is 383 g/mol. The van der Waals surface area contributed by atoms with E-state index in [9.17, 15) is 9.59 Å². The Morgan fingerprint density at radius 2 is 2.04 bits per heavy atom. The van der Waals surface area contributed by atoms with E-state index in [0.717, 1.165) is 38.0 Å². The van der Waals surface area contributed by atoms with E-state index in [2.05, 4.69) is 5.32 Å². The molecule has 1 aromatic rings. The van der Waals surface area contributed by atoms with Crippen molar-refractivity contribution in [3.8, 4) is 0 Å². The van der Waals surface area contributed by atoms with Gasteiger partial charge in [-0.15, -0.1) is 24.2 Å². The van der Waals surface area contributed by atoms with Crippen molar-refractivity contribution in [1.82, 2.24) is 15.1 Å². The zero-order valence-corrected chi connectivity index (χ0v) is 16.2. The van der Waals surface area contributed by atoms with Gasteiger partial charge < -0.3 is 15.1 Å². The molecule has 2 amide bonds.